The van der Waals surface area contributed by atoms with E-state index in [9.17, 15) is 13.6 Å². The number of hydrogen-bond donors (Lipinski definition) is 0. The van der Waals surface area contributed by atoms with Crippen LogP contribution in [0.5, 0.6) is 0 Å². The number of carbonyl (C=O) groups is 1. The van der Waals surface area contributed by atoms with Gasteiger partial charge >= 0.3 is 0 Å². The molecular weight excluding hydrogens is 186 g/mol. The third-order valence-corrected chi connectivity index (χ3v) is 2.71. The number of ketones is 1. The number of carbonyl (C=O) groups excluding carboxylic acids is 1. The van der Waals surface area contributed by atoms with Crippen LogP contribution in [0.4, 0.5) is 8.78 Å². The maximum absolute atomic E-state index is 13.9. The molecule has 1 fully saturated rings. The number of alkyl halides is 1. The van der Waals surface area contributed by atoms with Crippen LogP contribution in [0.2, 0.25) is 0 Å². The van der Waals surface area contributed by atoms with E-state index in [1.807, 2.05) is 0 Å². The van der Waals surface area contributed by atoms with Crippen LogP contribution in [0, 0.1) is 11.7 Å². The maximum Gasteiger partial charge on any atom is 0.146 e. The summed E-state index contributed by atoms with van der Waals surface area (Å²) in [4.78, 5) is 10.9. The number of hydrogen-bond acceptors (Lipinski definition) is 1. The van der Waals surface area contributed by atoms with Crippen molar-refractivity contribution in [3.8, 4) is 0 Å². The fourth-order valence-electron chi connectivity index (χ4n) is 1.75. The predicted octanol–water partition coefficient (Wildman–Crippen LogP) is 2.60. The highest BCUT2D eigenvalue weighted by Gasteiger charge is 2.59. The summed E-state index contributed by atoms with van der Waals surface area (Å²) in [6.45, 7) is 1.38. The highest BCUT2D eigenvalue weighted by molar-refractivity contribution is 5.83. The summed E-state index contributed by atoms with van der Waals surface area (Å²) >= 11 is 0. The third-order valence-electron chi connectivity index (χ3n) is 2.71. The van der Waals surface area contributed by atoms with Crippen LogP contribution in [0.25, 0.3) is 0 Å². The van der Waals surface area contributed by atoms with E-state index in [1.54, 1.807) is 0 Å². The number of benzene rings is 1. The summed E-state index contributed by atoms with van der Waals surface area (Å²) in [6.07, 6.45) is 0.230. The lowest BCUT2D eigenvalue weighted by Gasteiger charge is -2.06. The molecule has 0 N–H and O–H groups in total. The second-order valence-electron chi connectivity index (χ2n) is 3.74. The third kappa shape index (κ3) is 1.33. The Morgan fingerprint density at radius 2 is 2.00 bits per heavy atom. The van der Waals surface area contributed by atoms with E-state index in [-0.39, 0.29) is 12.2 Å². The highest BCUT2D eigenvalue weighted by Crippen LogP contribution is 2.55. The zero-order chi connectivity index (χ0) is 10.3. The molecule has 0 unspecified atom stereocenters. The van der Waals surface area contributed by atoms with E-state index >= 15 is 0 Å². The summed E-state index contributed by atoms with van der Waals surface area (Å²) < 4.78 is 26.5. The first-order chi connectivity index (χ1) is 6.54. The molecule has 2 rings (SSSR count). The Kier molecular flexibility index (Phi) is 1.91. The fraction of sp³-hybridized carbons (Fsp3) is 0.364. The van der Waals surface area contributed by atoms with Crippen molar-refractivity contribution in [2.45, 2.75) is 19.0 Å². The Hall–Kier alpha value is -1.25. The van der Waals surface area contributed by atoms with Gasteiger partial charge in [0, 0.05) is 0 Å². The van der Waals surface area contributed by atoms with Gasteiger partial charge in [-0.1, -0.05) is 12.1 Å². The van der Waals surface area contributed by atoms with Crippen molar-refractivity contribution in [1.29, 1.82) is 0 Å². The summed E-state index contributed by atoms with van der Waals surface area (Å²) in [5, 5.41) is 0. The van der Waals surface area contributed by atoms with Gasteiger partial charge in [0.15, 0.2) is 0 Å². The highest BCUT2D eigenvalue weighted by atomic mass is 19.1. The maximum atomic E-state index is 13.9. The summed E-state index contributed by atoms with van der Waals surface area (Å²) in [7, 11) is 0. The quantitative estimate of drug-likeness (QED) is 0.710. The van der Waals surface area contributed by atoms with Gasteiger partial charge in [-0.05, 0) is 31.0 Å². The zero-order valence-electron chi connectivity index (χ0n) is 7.76. The largest absolute Gasteiger partial charge is 0.300 e. The monoisotopic (exact) mass is 196 g/mol. The topological polar surface area (TPSA) is 17.1 Å². The smallest absolute Gasteiger partial charge is 0.146 e. The summed E-state index contributed by atoms with van der Waals surface area (Å²) in [6, 6.07) is 5.23. The molecule has 0 spiro atoms. The minimum absolute atomic E-state index is 0.142. The van der Waals surface area contributed by atoms with Gasteiger partial charge in [-0.2, -0.15) is 0 Å². The molecule has 0 saturated heterocycles. The molecule has 74 valence electrons. The van der Waals surface area contributed by atoms with Gasteiger partial charge in [-0.25, -0.2) is 8.78 Å². The second-order valence-corrected chi connectivity index (χ2v) is 3.74. The Balaban J connectivity index is 2.25. The Bertz CT molecular complexity index is 371. The molecule has 1 aromatic carbocycles. The van der Waals surface area contributed by atoms with Crippen LogP contribution < -0.4 is 0 Å². The number of rotatable bonds is 2. The van der Waals surface area contributed by atoms with Crippen molar-refractivity contribution < 1.29 is 13.6 Å². The first-order valence-corrected chi connectivity index (χ1v) is 4.49. The molecule has 14 heavy (non-hydrogen) atoms. The van der Waals surface area contributed by atoms with Crippen LogP contribution >= 0.6 is 0 Å². The van der Waals surface area contributed by atoms with Crippen LogP contribution in [0.3, 0.4) is 0 Å². The van der Waals surface area contributed by atoms with E-state index in [0.29, 0.717) is 5.56 Å². The first kappa shape index (κ1) is 9.31. The van der Waals surface area contributed by atoms with Crippen molar-refractivity contribution in [1.82, 2.24) is 0 Å². The van der Waals surface area contributed by atoms with Crippen LogP contribution in [0.15, 0.2) is 24.3 Å². The van der Waals surface area contributed by atoms with E-state index in [1.165, 1.54) is 31.2 Å². The molecule has 1 nitrogen and oxygen atoms in total. The normalized spacial score (nSPS) is 30.1. The lowest BCUT2D eigenvalue weighted by molar-refractivity contribution is -0.119. The van der Waals surface area contributed by atoms with Gasteiger partial charge in [0.05, 0.1) is 5.92 Å². The average molecular weight is 196 g/mol. The van der Waals surface area contributed by atoms with E-state index in [0.717, 1.165) is 0 Å². The standard InChI is InChI=1S/C11H10F2O/c1-7(14)10-6-11(10,13)8-2-4-9(12)5-3-8/h2-5,10H,6H2,1H3/t10-,11+/m0/s1. The minimum atomic E-state index is -1.54. The van der Waals surface area contributed by atoms with Gasteiger partial charge in [0.1, 0.15) is 17.3 Å². The first-order valence-electron chi connectivity index (χ1n) is 4.49. The molecule has 1 aromatic rings. The van der Waals surface area contributed by atoms with Crippen molar-refractivity contribution in [2.24, 2.45) is 5.92 Å². The van der Waals surface area contributed by atoms with Gasteiger partial charge in [-0.15, -0.1) is 0 Å². The molecule has 1 saturated carbocycles. The fourth-order valence-corrected chi connectivity index (χ4v) is 1.75. The molecule has 0 amide bonds. The van der Waals surface area contributed by atoms with Crippen molar-refractivity contribution in [2.75, 3.05) is 0 Å². The van der Waals surface area contributed by atoms with Crippen molar-refractivity contribution in [3.05, 3.63) is 35.6 Å². The van der Waals surface area contributed by atoms with Crippen LogP contribution in [-0.2, 0) is 10.5 Å². The van der Waals surface area contributed by atoms with Gasteiger partial charge in [0.2, 0.25) is 0 Å². The lowest BCUT2D eigenvalue weighted by atomic mass is 10.1. The van der Waals surface area contributed by atoms with E-state index in [4.69, 9.17) is 0 Å². The molecule has 0 heterocycles. The van der Waals surface area contributed by atoms with E-state index in [2.05, 4.69) is 0 Å². The molecule has 1 aliphatic carbocycles. The molecule has 3 heteroatoms. The lowest BCUT2D eigenvalue weighted by Crippen LogP contribution is -2.07. The van der Waals surface area contributed by atoms with Gasteiger partial charge in [-0.3, -0.25) is 4.79 Å². The molecule has 0 bridgehead atoms. The Morgan fingerprint density at radius 3 is 2.43 bits per heavy atom. The predicted molar refractivity (Wildman–Crippen MR) is 48.0 cm³/mol. The van der Waals surface area contributed by atoms with Crippen molar-refractivity contribution in [3.63, 3.8) is 0 Å². The van der Waals surface area contributed by atoms with E-state index < -0.39 is 17.4 Å². The molecule has 0 aliphatic heterocycles. The van der Waals surface area contributed by atoms with Gasteiger partial charge < -0.3 is 0 Å². The molecule has 1 aliphatic rings. The average Bonchev–Trinajstić information content (AvgIpc) is 2.80. The number of halogens is 2. The second kappa shape index (κ2) is 2.87. The SMILES string of the molecule is CC(=O)[C@@H]1C[C@@]1(F)c1ccc(F)cc1. The zero-order valence-corrected chi connectivity index (χ0v) is 7.76. The van der Waals surface area contributed by atoms with Crippen LogP contribution in [-0.4, -0.2) is 5.78 Å². The number of Topliss-reactive ketones (excluding diaryl/α,β-unsaturated/α-hetero) is 1. The molecule has 2 atom stereocenters. The summed E-state index contributed by atoms with van der Waals surface area (Å²) in [5.41, 5.74) is -1.14. The van der Waals surface area contributed by atoms with Gasteiger partial charge in [0.25, 0.3) is 0 Å². The minimum Gasteiger partial charge on any atom is -0.300 e. The Labute approximate surface area is 80.7 Å². The van der Waals surface area contributed by atoms with Crippen molar-refractivity contribution >= 4 is 5.78 Å². The van der Waals surface area contributed by atoms with Crippen LogP contribution in [0.1, 0.15) is 18.9 Å². The Morgan fingerprint density at radius 1 is 1.43 bits per heavy atom. The molecule has 0 radical (unpaired) electrons. The molecule has 0 aromatic heterocycles. The summed E-state index contributed by atoms with van der Waals surface area (Å²) in [5.74, 6) is -1.07. The molecular formula is C11H10F2O.